The lowest BCUT2D eigenvalue weighted by Crippen LogP contribution is -2.62. The van der Waals surface area contributed by atoms with Crippen molar-refractivity contribution in [3.63, 3.8) is 0 Å². The monoisotopic (exact) mass is 278 g/mol. The van der Waals surface area contributed by atoms with E-state index in [0.717, 1.165) is 39.2 Å². The maximum atomic E-state index is 12.5. The van der Waals surface area contributed by atoms with E-state index in [1.807, 2.05) is 18.1 Å². The number of amides is 1. The largest absolute Gasteiger partial charge is 0.383 e. The molecule has 1 amide bonds. The van der Waals surface area contributed by atoms with Crippen molar-refractivity contribution in [2.75, 3.05) is 39.9 Å². The molecular formula is C14H22N4O2. The van der Waals surface area contributed by atoms with E-state index < -0.39 is 0 Å². The van der Waals surface area contributed by atoms with E-state index in [-0.39, 0.29) is 11.4 Å². The van der Waals surface area contributed by atoms with Crippen molar-refractivity contribution in [3.05, 3.63) is 18.2 Å². The van der Waals surface area contributed by atoms with Crippen LogP contribution in [0.15, 0.2) is 12.4 Å². The summed E-state index contributed by atoms with van der Waals surface area (Å²) in [6.45, 7) is 4.49. The third-order valence-electron chi connectivity index (χ3n) is 4.72. The molecule has 2 aliphatic heterocycles. The Hall–Kier alpha value is -1.40. The molecule has 1 aromatic rings. The molecule has 110 valence electrons. The number of hydrogen-bond acceptors (Lipinski definition) is 4. The topological polar surface area (TPSA) is 50.6 Å². The molecule has 0 aromatic carbocycles. The summed E-state index contributed by atoms with van der Waals surface area (Å²) in [4.78, 5) is 21.0. The summed E-state index contributed by atoms with van der Waals surface area (Å²) >= 11 is 0. The molecule has 2 aliphatic rings. The summed E-state index contributed by atoms with van der Waals surface area (Å²) in [5.74, 6) is 0.581. The van der Waals surface area contributed by atoms with E-state index in [4.69, 9.17) is 4.74 Å². The number of aryl methyl sites for hydroxylation is 1. The van der Waals surface area contributed by atoms with Crippen LogP contribution in [0.2, 0.25) is 0 Å². The van der Waals surface area contributed by atoms with Gasteiger partial charge in [-0.25, -0.2) is 4.98 Å². The average Bonchev–Trinajstić information content (AvgIpc) is 3.05. The SMILES string of the molecule is COCCN1CCC12CCN(C(=O)c1nccn1C)C2. The highest BCUT2D eigenvalue weighted by molar-refractivity contribution is 5.91. The number of imidazole rings is 1. The van der Waals surface area contributed by atoms with Crippen molar-refractivity contribution in [2.24, 2.45) is 7.05 Å². The number of methoxy groups -OCH3 is 1. The van der Waals surface area contributed by atoms with Crippen LogP contribution in [0, 0.1) is 0 Å². The van der Waals surface area contributed by atoms with Gasteiger partial charge < -0.3 is 14.2 Å². The van der Waals surface area contributed by atoms with E-state index in [1.54, 1.807) is 17.9 Å². The van der Waals surface area contributed by atoms with Crippen LogP contribution in [0.4, 0.5) is 0 Å². The number of hydrogen-bond donors (Lipinski definition) is 0. The van der Waals surface area contributed by atoms with Crippen LogP contribution in [-0.2, 0) is 11.8 Å². The fourth-order valence-electron chi connectivity index (χ4n) is 3.34. The van der Waals surface area contributed by atoms with Gasteiger partial charge in [-0.15, -0.1) is 0 Å². The number of aromatic nitrogens is 2. The molecule has 1 unspecified atom stereocenters. The zero-order valence-electron chi connectivity index (χ0n) is 12.2. The van der Waals surface area contributed by atoms with Crippen molar-refractivity contribution >= 4 is 5.91 Å². The Labute approximate surface area is 119 Å². The van der Waals surface area contributed by atoms with Gasteiger partial charge in [0.15, 0.2) is 5.82 Å². The predicted octanol–water partition coefficient (Wildman–Crippen LogP) is 0.357. The molecule has 2 fully saturated rings. The lowest BCUT2D eigenvalue weighted by molar-refractivity contribution is -0.0214. The fraction of sp³-hybridized carbons (Fsp3) is 0.714. The number of carbonyl (C=O) groups is 1. The molecule has 0 bridgehead atoms. The number of nitrogens with zero attached hydrogens (tertiary/aromatic N) is 4. The molecule has 6 nitrogen and oxygen atoms in total. The van der Waals surface area contributed by atoms with Crippen molar-refractivity contribution in [3.8, 4) is 0 Å². The molecule has 0 N–H and O–H groups in total. The Morgan fingerprint density at radius 2 is 2.25 bits per heavy atom. The zero-order valence-corrected chi connectivity index (χ0v) is 12.2. The molecule has 20 heavy (non-hydrogen) atoms. The quantitative estimate of drug-likeness (QED) is 0.798. The van der Waals surface area contributed by atoms with E-state index in [9.17, 15) is 4.79 Å². The van der Waals surface area contributed by atoms with Gasteiger partial charge in [-0.1, -0.05) is 0 Å². The first-order valence-corrected chi connectivity index (χ1v) is 7.17. The van der Waals surface area contributed by atoms with E-state index in [2.05, 4.69) is 9.88 Å². The fourth-order valence-corrected chi connectivity index (χ4v) is 3.34. The molecule has 2 saturated heterocycles. The van der Waals surface area contributed by atoms with Gasteiger partial charge in [-0.3, -0.25) is 9.69 Å². The van der Waals surface area contributed by atoms with Gasteiger partial charge in [0.25, 0.3) is 5.91 Å². The Balaban J connectivity index is 1.65. The van der Waals surface area contributed by atoms with Gasteiger partial charge in [0.2, 0.25) is 0 Å². The number of ether oxygens (including phenoxy) is 1. The molecule has 0 saturated carbocycles. The molecule has 1 spiro atoms. The maximum Gasteiger partial charge on any atom is 0.289 e. The highest BCUT2D eigenvalue weighted by atomic mass is 16.5. The number of likely N-dealkylation sites (tertiary alicyclic amines) is 2. The van der Waals surface area contributed by atoms with E-state index in [1.165, 1.54) is 6.42 Å². The minimum Gasteiger partial charge on any atom is -0.383 e. The maximum absolute atomic E-state index is 12.5. The van der Waals surface area contributed by atoms with Crippen molar-refractivity contribution in [1.82, 2.24) is 19.4 Å². The zero-order chi connectivity index (χ0) is 14.2. The van der Waals surface area contributed by atoms with Crippen molar-refractivity contribution in [2.45, 2.75) is 18.4 Å². The molecular weight excluding hydrogens is 256 g/mol. The van der Waals surface area contributed by atoms with Crippen LogP contribution in [-0.4, -0.2) is 70.7 Å². The minimum atomic E-state index is 0.0490. The Bertz CT molecular complexity index is 501. The molecule has 3 heterocycles. The van der Waals surface area contributed by atoms with Gasteiger partial charge in [-0.05, 0) is 12.8 Å². The predicted molar refractivity (Wildman–Crippen MR) is 74.5 cm³/mol. The Morgan fingerprint density at radius 1 is 1.45 bits per heavy atom. The third kappa shape index (κ3) is 2.13. The van der Waals surface area contributed by atoms with Crippen LogP contribution in [0.3, 0.4) is 0 Å². The van der Waals surface area contributed by atoms with Crippen LogP contribution < -0.4 is 0 Å². The molecule has 1 atom stereocenters. The third-order valence-corrected chi connectivity index (χ3v) is 4.72. The first-order valence-electron chi connectivity index (χ1n) is 7.17. The van der Waals surface area contributed by atoms with E-state index in [0.29, 0.717) is 5.82 Å². The summed E-state index contributed by atoms with van der Waals surface area (Å²) in [7, 11) is 3.60. The Morgan fingerprint density at radius 3 is 2.85 bits per heavy atom. The van der Waals surface area contributed by atoms with Crippen LogP contribution in [0.1, 0.15) is 23.5 Å². The highest BCUT2D eigenvalue weighted by Gasteiger charge is 2.50. The molecule has 0 radical (unpaired) electrons. The Kier molecular flexibility index (Phi) is 3.52. The minimum absolute atomic E-state index is 0.0490. The number of rotatable bonds is 4. The second-order valence-corrected chi connectivity index (χ2v) is 5.79. The van der Waals surface area contributed by atoms with Gasteiger partial charge >= 0.3 is 0 Å². The lowest BCUT2D eigenvalue weighted by Gasteiger charge is -2.50. The van der Waals surface area contributed by atoms with Crippen molar-refractivity contribution < 1.29 is 9.53 Å². The van der Waals surface area contributed by atoms with Crippen LogP contribution >= 0.6 is 0 Å². The van der Waals surface area contributed by atoms with Gasteiger partial charge in [0.1, 0.15) is 0 Å². The summed E-state index contributed by atoms with van der Waals surface area (Å²) in [5, 5.41) is 0. The number of carbonyl (C=O) groups excluding carboxylic acids is 1. The normalized spacial score (nSPS) is 26.2. The summed E-state index contributed by atoms with van der Waals surface area (Å²) < 4.78 is 6.95. The summed E-state index contributed by atoms with van der Waals surface area (Å²) in [6.07, 6.45) is 5.73. The molecule has 1 aromatic heterocycles. The van der Waals surface area contributed by atoms with Gasteiger partial charge in [0.05, 0.1) is 6.61 Å². The molecule has 3 rings (SSSR count). The smallest absolute Gasteiger partial charge is 0.289 e. The van der Waals surface area contributed by atoms with Crippen molar-refractivity contribution in [1.29, 1.82) is 0 Å². The average molecular weight is 278 g/mol. The first-order chi connectivity index (χ1) is 9.66. The van der Waals surface area contributed by atoms with Gasteiger partial charge in [0, 0.05) is 58.3 Å². The second-order valence-electron chi connectivity index (χ2n) is 5.79. The molecule has 6 heteroatoms. The van der Waals surface area contributed by atoms with Crippen LogP contribution in [0.25, 0.3) is 0 Å². The summed E-state index contributed by atoms with van der Waals surface area (Å²) in [5.41, 5.74) is 0.194. The lowest BCUT2D eigenvalue weighted by atomic mass is 9.84. The molecule has 0 aliphatic carbocycles. The second kappa shape index (κ2) is 5.18. The first kappa shape index (κ1) is 13.6. The standard InChI is InChI=1S/C14H22N4O2/c1-16-8-5-15-12(16)13(19)17-6-3-14(11-17)4-7-18(14)9-10-20-2/h5,8H,3-4,6-7,9-11H2,1-2H3. The van der Waals surface area contributed by atoms with Crippen LogP contribution in [0.5, 0.6) is 0 Å². The van der Waals surface area contributed by atoms with E-state index >= 15 is 0 Å². The highest BCUT2D eigenvalue weighted by Crippen LogP contribution is 2.39. The summed E-state index contributed by atoms with van der Waals surface area (Å²) in [6, 6.07) is 0. The van der Waals surface area contributed by atoms with Gasteiger partial charge in [-0.2, -0.15) is 0 Å².